The molecule has 1 aliphatic carbocycles. The van der Waals surface area contributed by atoms with Crippen molar-refractivity contribution in [3.05, 3.63) is 18.2 Å². The molecule has 1 aromatic carbocycles. The highest BCUT2D eigenvalue weighted by Crippen LogP contribution is 2.37. The summed E-state index contributed by atoms with van der Waals surface area (Å²) in [7, 11) is 3.13. The van der Waals surface area contributed by atoms with Crippen LogP contribution in [0.15, 0.2) is 18.2 Å². The number of urea groups is 1. The standard InChI is InChI=1S/C22H29N3O5/c1-29-16-7-8-18(30-2)17(12-16)24-13-15(11-19(24)26)14-25-20(27)22(23-21(25)28)9-5-3-4-6-10-22/h7-8,12,15H,3-6,9-11,13-14H2,1-2H3,(H,23,28). The molecule has 1 spiro atoms. The van der Waals surface area contributed by atoms with Crippen molar-refractivity contribution in [1.82, 2.24) is 10.2 Å². The molecule has 0 bridgehead atoms. The van der Waals surface area contributed by atoms with E-state index in [1.807, 2.05) is 0 Å². The Hall–Kier alpha value is -2.77. The van der Waals surface area contributed by atoms with Crippen molar-refractivity contribution in [3.8, 4) is 11.5 Å². The van der Waals surface area contributed by atoms with Crippen LogP contribution >= 0.6 is 0 Å². The number of anilines is 1. The van der Waals surface area contributed by atoms with E-state index in [9.17, 15) is 14.4 Å². The van der Waals surface area contributed by atoms with Crippen LogP contribution in [-0.4, -0.2) is 55.6 Å². The quantitative estimate of drug-likeness (QED) is 0.747. The topological polar surface area (TPSA) is 88.2 Å². The Labute approximate surface area is 176 Å². The summed E-state index contributed by atoms with van der Waals surface area (Å²) in [6.45, 7) is 0.674. The molecular formula is C22H29N3O5. The van der Waals surface area contributed by atoms with Gasteiger partial charge in [0.15, 0.2) is 0 Å². The molecule has 4 rings (SSSR count). The zero-order valence-electron chi connectivity index (χ0n) is 17.6. The van der Waals surface area contributed by atoms with Gasteiger partial charge in [0.2, 0.25) is 5.91 Å². The summed E-state index contributed by atoms with van der Waals surface area (Å²) in [6.07, 6.45) is 5.77. The second-order valence-electron chi connectivity index (χ2n) is 8.45. The SMILES string of the molecule is COc1ccc(OC)c(N2CC(CN3C(=O)NC4(CCCCCC4)C3=O)CC2=O)c1. The fourth-order valence-electron chi connectivity index (χ4n) is 4.92. The first-order chi connectivity index (χ1) is 14.5. The maximum atomic E-state index is 13.2. The average molecular weight is 415 g/mol. The van der Waals surface area contributed by atoms with E-state index in [0.717, 1.165) is 25.7 Å². The molecule has 2 heterocycles. The van der Waals surface area contributed by atoms with Crippen LogP contribution < -0.4 is 19.7 Å². The van der Waals surface area contributed by atoms with E-state index in [0.29, 0.717) is 36.6 Å². The molecule has 8 heteroatoms. The zero-order valence-corrected chi connectivity index (χ0v) is 17.6. The number of rotatable bonds is 5. The minimum Gasteiger partial charge on any atom is -0.497 e. The lowest BCUT2D eigenvalue weighted by Crippen LogP contribution is -2.46. The fourth-order valence-corrected chi connectivity index (χ4v) is 4.92. The Kier molecular flexibility index (Phi) is 5.58. The predicted octanol–water partition coefficient (Wildman–Crippen LogP) is 2.70. The lowest BCUT2D eigenvalue weighted by atomic mass is 9.90. The van der Waals surface area contributed by atoms with E-state index in [4.69, 9.17) is 9.47 Å². The number of nitrogens with one attached hydrogen (secondary N) is 1. The molecule has 1 atom stereocenters. The molecule has 8 nitrogen and oxygen atoms in total. The van der Waals surface area contributed by atoms with Crippen LogP contribution in [0, 0.1) is 5.92 Å². The molecule has 1 aromatic rings. The van der Waals surface area contributed by atoms with Gasteiger partial charge in [0, 0.05) is 31.5 Å². The average Bonchev–Trinajstić information content (AvgIpc) is 3.09. The lowest BCUT2D eigenvalue weighted by molar-refractivity contribution is -0.132. The number of imide groups is 1. The molecule has 2 aliphatic heterocycles. The predicted molar refractivity (Wildman–Crippen MR) is 111 cm³/mol. The van der Waals surface area contributed by atoms with Crippen molar-refractivity contribution >= 4 is 23.5 Å². The maximum absolute atomic E-state index is 13.2. The van der Waals surface area contributed by atoms with Gasteiger partial charge in [-0.2, -0.15) is 0 Å². The molecule has 4 amide bonds. The number of ether oxygens (including phenoxy) is 2. The van der Waals surface area contributed by atoms with E-state index < -0.39 is 5.54 Å². The van der Waals surface area contributed by atoms with E-state index >= 15 is 0 Å². The van der Waals surface area contributed by atoms with Crippen molar-refractivity contribution in [2.75, 3.05) is 32.2 Å². The number of benzene rings is 1. The molecule has 3 aliphatic rings. The molecule has 2 saturated heterocycles. The first-order valence-electron chi connectivity index (χ1n) is 10.6. The van der Waals surface area contributed by atoms with Crippen molar-refractivity contribution in [2.24, 2.45) is 5.92 Å². The highest BCUT2D eigenvalue weighted by atomic mass is 16.5. The number of nitrogens with zero attached hydrogens (tertiary/aromatic N) is 2. The second-order valence-corrected chi connectivity index (χ2v) is 8.45. The van der Waals surface area contributed by atoms with Gasteiger partial charge >= 0.3 is 6.03 Å². The summed E-state index contributed by atoms with van der Waals surface area (Å²) in [4.78, 5) is 41.5. The summed E-state index contributed by atoms with van der Waals surface area (Å²) in [5.74, 6) is 0.912. The highest BCUT2D eigenvalue weighted by Gasteiger charge is 2.51. The van der Waals surface area contributed by atoms with E-state index in [1.54, 1.807) is 37.3 Å². The van der Waals surface area contributed by atoms with Crippen LogP contribution in [-0.2, 0) is 9.59 Å². The fraction of sp³-hybridized carbons (Fsp3) is 0.591. The Balaban J connectivity index is 1.49. The van der Waals surface area contributed by atoms with Crippen LogP contribution in [0.25, 0.3) is 0 Å². The second kappa shape index (κ2) is 8.16. The van der Waals surface area contributed by atoms with Crippen molar-refractivity contribution in [3.63, 3.8) is 0 Å². The number of carbonyl (C=O) groups excluding carboxylic acids is 3. The molecule has 3 fully saturated rings. The van der Waals surface area contributed by atoms with Crippen LogP contribution in [0.4, 0.5) is 10.5 Å². The van der Waals surface area contributed by atoms with Crippen molar-refractivity contribution < 1.29 is 23.9 Å². The number of methoxy groups -OCH3 is 2. The Morgan fingerprint density at radius 2 is 1.80 bits per heavy atom. The molecule has 1 saturated carbocycles. The van der Waals surface area contributed by atoms with Gasteiger partial charge in [-0.1, -0.05) is 25.7 Å². The van der Waals surface area contributed by atoms with Gasteiger partial charge < -0.3 is 19.7 Å². The van der Waals surface area contributed by atoms with Gasteiger partial charge in [-0.05, 0) is 25.0 Å². The van der Waals surface area contributed by atoms with Gasteiger partial charge in [-0.3, -0.25) is 14.5 Å². The van der Waals surface area contributed by atoms with Crippen LogP contribution in [0.5, 0.6) is 11.5 Å². The maximum Gasteiger partial charge on any atom is 0.325 e. The highest BCUT2D eigenvalue weighted by molar-refractivity contribution is 6.07. The Morgan fingerprint density at radius 3 is 2.47 bits per heavy atom. The van der Waals surface area contributed by atoms with Crippen molar-refractivity contribution in [1.29, 1.82) is 0 Å². The molecule has 1 N–H and O–H groups in total. The molecule has 30 heavy (non-hydrogen) atoms. The smallest absolute Gasteiger partial charge is 0.325 e. The largest absolute Gasteiger partial charge is 0.497 e. The molecule has 0 radical (unpaired) electrons. The molecular weight excluding hydrogens is 386 g/mol. The Morgan fingerprint density at radius 1 is 1.07 bits per heavy atom. The van der Waals surface area contributed by atoms with Crippen molar-refractivity contribution in [2.45, 2.75) is 50.5 Å². The third kappa shape index (κ3) is 3.59. The number of carbonyl (C=O) groups is 3. The summed E-state index contributed by atoms with van der Waals surface area (Å²) in [6, 6.07) is 4.99. The monoisotopic (exact) mass is 415 g/mol. The molecule has 0 aromatic heterocycles. The van der Waals surface area contributed by atoms with Crippen LogP contribution in [0.2, 0.25) is 0 Å². The van der Waals surface area contributed by atoms with E-state index in [2.05, 4.69) is 5.32 Å². The van der Waals surface area contributed by atoms with Gasteiger partial charge in [-0.15, -0.1) is 0 Å². The van der Waals surface area contributed by atoms with Crippen LogP contribution in [0.1, 0.15) is 44.9 Å². The van der Waals surface area contributed by atoms with E-state index in [-0.39, 0.29) is 36.7 Å². The van der Waals surface area contributed by atoms with Gasteiger partial charge in [0.25, 0.3) is 5.91 Å². The van der Waals surface area contributed by atoms with Gasteiger partial charge in [0.1, 0.15) is 17.0 Å². The Bertz CT molecular complexity index is 847. The number of hydrogen-bond acceptors (Lipinski definition) is 5. The summed E-state index contributed by atoms with van der Waals surface area (Å²) in [5, 5.41) is 2.97. The third-order valence-electron chi connectivity index (χ3n) is 6.53. The molecule has 1 unspecified atom stereocenters. The molecule has 162 valence electrons. The summed E-state index contributed by atoms with van der Waals surface area (Å²) < 4.78 is 10.7. The third-order valence-corrected chi connectivity index (χ3v) is 6.53. The van der Waals surface area contributed by atoms with Gasteiger partial charge in [0.05, 0.1) is 19.9 Å². The first kappa shape index (κ1) is 20.5. The normalized spacial score (nSPS) is 23.7. The zero-order chi connectivity index (χ0) is 21.3. The van der Waals surface area contributed by atoms with Crippen LogP contribution in [0.3, 0.4) is 0 Å². The number of hydrogen-bond donors (Lipinski definition) is 1. The lowest BCUT2D eigenvalue weighted by Gasteiger charge is -2.25. The summed E-state index contributed by atoms with van der Waals surface area (Å²) in [5.41, 5.74) is -0.104. The first-order valence-corrected chi connectivity index (χ1v) is 10.6. The minimum atomic E-state index is -0.744. The number of amides is 4. The van der Waals surface area contributed by atoms with E-state index in [1.165, 1.54) is 4.90 Å². The van der Waals surface area contributed by atoms with Gasteiger partial charge in [-0.25, -0.2) is 4.79 Å². The minimum absolute atomic E-state index is 0.0530. The summed E-state index contributed by atoms with van der Waals surface area (Å²) >= 11 is 0.